The summed E-state index contributed by atoms with van der Waals surface area (Å²) in [6.45, 7) is 4.75. The van der Waals surface area contributed by atoms with Crippen molar-refractivity contribution in [2.45, 2.75) is 13.1 Å². The monoisotopic (exact) mass is 443 g/mol. The average molecular weight is 443 g/mol. The average Bonchev–Trinajstić information content (AvgIpc) is 2.81. The van der Waals surface area contributed by atoms with Gasteiger partial charge in [0.1, 0.15) is 17.5 Å². The lowest BCUT2D eigenvalue weighted by molar-refractivity contribution is -0.137. The molecule has 7 nitrogen and oxygen atoms in total. The lowest BCUT2D eigenvalue weighted by atomic mass is 10.2. The number of alkyl halides is 3. The number of halogens is 3. The zero-order valence-electron chi connectivity index (χ0n) is 17.8. The normalized spacial score (nSPS) is 14.4. The molecule has 0 bridgehead atoms. The third kappa shape index (κ3) is 4.68. The molecule has 1 aliphatic heterocycles. The molecule has 0 aliphatic carbocycles. The molecule has 32 heavy (non-hydrogen) atoms. The third-order valence-electron chi connectivity index (χ3n) is 5.36. The second-order valence-electron chi connectivity index (χ2n) is 7.46. The molecule has 1 fully saturated rings. The van der Waals surface area contributed by atoms with E-state index in [1.807, 2.05) is 25.1 Å². The van der Waals surface area contributed by atoms with E-state index < -0.39 is 11.7 Å². The molecule has 2 aromatic heterocycles. The van der Waals surface area contributed by atoms with Gasteiger partial charge in [0, 0.05) is 50.7 Å². The fourth-order valence-corrected chi connectivity index (χ4v) is 3.60. The lowest BCUT2D eigenvalue weighted by Crippen LogP contribution is -2.47. The summed E-state index contributed by atoms with van der Waals surface area (Å²) in [5.41, 5.74) is 0.323. The van der Waals surface area contributed by atoms with Crippen molar-refractivity contribution < 1.29 is 13.2 Å². The third-order valence-corrected chi connectivity index (χ3v) is 5.36. The number of hydrogen-bond acceptors (Lipinski definition) is 7. The maximum absolute atomic E-state index is 13.1. The van der Waals surface area contributed by atoms with E-state index in [1.54, 1.807) is 19.3 Å². The molecule has 0 amide bonds. The van der Waals surface area contributed by atoms with Gasteiger partial charge in [0.05, 0.1) is 5.56 Å². The Kier molecular flexibility index (Phi) is 6.02. The number of aromatic nitrogens is 3. The van der Waals surface area contributed by atoms with Crippen molar-refractivity contribution in [2.24, 2.45) is 0 Å². The topological polar surface area (TPSA) is 69.2 Å². The summed E-state index contributed by atoms with van der Waals surface area (Å²) in [4.78, 5) is 17.9. The minimum atomic E-state index is -4.41. The van der Waals surface area contributed by atoms with Gasteiger partial charge in [0.25, 0.3) is 0 Å². The van der Waals surface area contributed by atoms with Gasteiger partial charge in [-0.2, -0.15) is 23.1 Å². The highest BCUT2D eigenvalue weighted by molar-refractivity contribution is 5.67. The van der Waals surface area contributed by atoms with Crippen molar-refractivity contribution in [1.29, 1.82) is 0 Å². The molecule has 0 spiro atoms. The maximum atomic E-state index is 13.1. The molecule has 3 aromatic rings. The minimum Gasteiger partial charge on any atom is -0.373 e. The quantitative estimate of drug-likeness (QED) is 0.609. The first-order valence-electron chi connectivity index (χ1n) is 10.3. The van der Waals surface area contributed by atoms with Gasteiger partial charge in [0.2, 0.25) is 5.95 Å². The molecule has 4 rings (SSSR count). The van der Waals surface area contributed by atoms with Gasteiger partial charge < -0.3 is 20.4 Å². The van der Waals surface area contributed by atoms with Gasteiger partial charge in [-0.05, 0) is 37.3 Å². The first kappa shape index (κ1) is 21.7. The largest absolute Gasteiger partial charge is 0.416 e. The number of benzene rings is 1. The van der Waals surface area contributed by atoms with Crippen LogP contribution in [-0.2, 0) is 6.18 Å². The van der Waals surface area contributed by atoms with Crippen LogP contribution in [0, 0.1) is 6.92 Å². The van der Waals surface area contributed by atoms with Crippen molar-refractivity contribution in [1.82, 2.24) is 15.0 Å². The molecule has 3 heterocycles. The molecule has 0 radical (unpaired) electrons. The summed E-state index contributed by atoms with van der Waals surface area (Å²) >= 11 is 0. The zero-order chi connectivity index (χ0) is 22.7. The minimum absolute atomic E-state index is 0.314. The maximum Gasteiger partial charge on any atom is 0.416 e. The van der Waals surface area contributed by atoms with Crippen LogP contribution in [0.15, 0.2) is 48.7 Å². The summed E-state index contributed by atoms with van der Waals surface area (Å²) in [5, 5.41) is 6.09. The predicted molar refractivity (Wildman–Crippen MR) is 120 cm³/mol. The molecule has 0 atom stereocenters. The van der Waals surface area contributed by atoms with Crippen molar-refractivity contribution in [3.8, 4) is 0 Å². The lowest BCUT2D eigenvalue weighted by Gasteiger charge is -2.35. The molecule has 168 valence electrons. The highest BCUT2D eigenvalue weighted by Crippen LogP contribution is 2.32. The van der Waals surface area contributed by atoms with Crippen LogP contribution in [0.5, 0.6) is 0 Å². The van der Waals surface area contributed by atoms with Crippen LogP contribution in [0.1, 0.15) is 11.1 Å². The second-order valence-corrected chi connectivity index (χ2v) is 7.46. The molecular formula is C22H24F3N7. The Morgan fingerprint density at radius 2 is 1.62 bits per heavy atom. The SMILES string of the molecule is CNc1nc(N2CCN(c3ccccn3)CC2)nc(Nc2cccc(C(F)(F)F)c2)c1C. The Morgan fingerprint density at radius 1 is 0.906 bits per heavy atom. The van der Waals surface area contributed by atoms with E-state index in [-0.39, 0.29) is 0 Å². The first-order valence-corrected chi connectivity index (χ1v) is 10.3. The van der Waals surface area contributed by atoms with Gasteiger partial charge in [-0.15, -0.1) is 0 Å². The van der Waals surface area contributed by atoms with Gasteiger partial charge >= 0.3 is 6.18 Å². The van der Waals surface area contributed by atoms with Crippen molar-refractivity contribution in [3.05, 3.63) is 59.8 Å². The van der Waals surface area contributed by atoms with Crippen molar-refractivity contribution in [3.63, 3.8) is 0 Å². The van der Waals surface area contributed by atoms with Crippen LogP contribution < -0.4 is 20.4 Å². The van der Waals surface area contributed by atoms with Gasteiger partial charge in [0.15, 0.2) is 0 Å². The highest BCUT2D eigenvalue weighted by atomic mass is 19.4. The predicted octanol–water partition coefficient (Wildman–Crippen LogP) is 4.31. The van der Waals surface area contributed by atoms with E-state index >= 15 is 0 Å². The van der Waals surface area contributed by atoms with Gasteiger partial charge in [-0.25, -0.2) is 4.98 Å². The molecule has 10 heteroatoms. The molecular weight excluding hydrogens is 419 g/mol. The molecule has 1 saturated heterocycles. The fraction of sp³-hybridized carbons (Fsp3) is 0.318. The highest BCUT2D eigenvalue weighted by Gasteiger charge is 2.30. The summed E-state index contributed by atoms with van der Waals surface area (Å²) in [6.07, 6.45) is -2.64. The second kappa shape index (κ2) is 8.89. The molecule has 0 saturated carbocycles. The van der Waals surface area contributed by atoms with Crippen LogP contribution in [0.3, 0.4) is 0 Å². The Hall–Kier alpha value is -3.56. The van der Waals surface area contributed by atoms with E-state index in [0.717, 1.165) is 36.6 Å². The Labute approximate surface area is 184 Å². The van der Waals surface area contributed by atoms with Gasteiger partial charge in [-0.3, -0.25) is 0 Å². The number of pyridine rings is 1. The van der Waals surface area contributed by atoms with Crippen molar-refractivity contribution in [2.75, 3.05) is 53.7 Å². The molecule has 0 unspecified atom stereocenters. The Balaban J connectivity index is 1.56. The fourth-order valence-electron chi connectivity index (χ4n) is 3.60. The number of nitrogens with one attached hydrogen (secondary N) is 2. The number of nitrogens with zero attached hydrogens (tertiary/aromatic N) is 5. The van der Waals surface area contributed by atoms with E-state index in [1.165, 1.54) is 6.07 Å². The number of piperazine rings is 1. The molecule has 2 N–H and O–H groups in total. The zero-order valence-corrected chi connectivity index (χ0v) is 17.8. The standard InChI is InChI=1S/C22H24F3N7/c1-15-19(26-2)29-21(32-12-10-31(11-13-32)18-8-3-4-9-27-18)30-20(15)28-17-7-5-6-16(14-17)22(23,24)25/h3-9,14H,10-13H2,1-2H3,(H2,26,28,29,30). The number of anilines is 5. The van der Waals surface area contributed by atoms with E-state index in [2.05, 4.69) is 35.4 Å². The first-order chi connectivity index (χ1) is 15.3. The van der Waals surface area contributed by atoms with Crippen LogP contribution >= 0.6 is 0 Å². The van der Waals surface area contributed by atoms with Crippen LogP contribution in [0.4, 0.5) is 42.3 Å². The molecule has 1 aromatic carbocycles. The van der Waals surface area contributed by atoms with Crippen LogP contribution in [0.25, 0.3) is 0 Å². The smallest absolute Gasteiger partial charge is 0.373 e. The van der Waals surface area contributed by atoms with Crippen LogP contribution in [-0.4, -0.2) is 48.2 Å². The summed E-state index contributed by atoms with van der Waals surface area (Å²) in [7, 11) is 1.76. The summed E-state index contributed by atoms with van der Waals surface area (Å²) in [5.74, 6) is 2.54. The van der Waals surface area contributed by atoms with Gasteiger partial charge in [-0.1, -0.05) is 12.1 Å². The van der Waals surface area contributed by atoms with E-state index in [4.69, 9.17) is 0 Å². The summed E-state index contributed by atoms with van der Waals surface area (Å²) < 4.78 is 39.3. The number of hydrogen-bond donors (Lipinski definition) is 2. The molecule has 1 aliphatic rings. The van der Waals surface area contributed by atoms with E-state index in [0.29, 0.717) is 36.4 Å². The van der Waals surface area contributed by atoms with E-state index in [9.17, 15) is 13.2 Å². The summed E-state index contributed by atoms with van der Waals surface area (Å²) in [6, 6.07) is 10.9. The number of rotatable bonds is 5. The Bertz CT molecular complexity index is 1060. The van der Waals surface area contributed by atoms with Crippen molar-refractivity contribution >= 4 is 29.1 Å². The van der Waals surface area contributed by atoms with Crippen LogP contribution in [0.2, 0.25) is 0 Å². The Morgan fingerprint density at radius 3 is 2.28 bits per heavy atom.